The molecule has 0 aromatic heterocycles. The largest absolute Gasteiger partial charge is 0.484 e. The van der Waals surface area contributed by atoms with Gasteiger partial charge in [-0.3, -0.25) is 14.9 Å². The van der Waals surface area contributed by atoms with E-state index in [1.165, 1.54) is 23.1 Å². The number of nitrogens with zero attached hydrogens (tertiary/aromatic N) is 2. The molecule has 2 rings (SSSR count). The summed E-state index contributed by atoms with van der Waals surface area (Å²) >= 11 is 0. The van der Waals surface area contributed by atoms with E-state index in [1.54, 1.807) is 13.0 Å². The van der Waals surface area contributed by atoms with Crippen molar-refractivity contribution in [2.24, 2.45) is 0 Å². The molecule has 0 radical (unpaired) electrons. The molecule has 0 saturated carbocycles. The quantitative estimate of drug-likeness (QED) is 0.635. The molecular formula is C12H14N2O5. The molecule has 7 heteroatoms. The van der Waals surface area contributed by atoms with Gasteiger partial charge in [0.1, 0.15) is 5.75 Å². The lowest BCUT2D eigenvalue weighted by Gasteiger charge is -2.43. The molecule has 0 spiro atoms. The smallest absolute Gasteiger partial charge is 0.273 e. The second-order valence-corrected chi connectivity index (χ2v) is 4.79. The maximum absolute atomic E-state index is 11.7. The van der Waals surface area contributed by atoms with Crippen molar-refractivity contribution in [3.63, 3.8) is 0 Å². The standard InChI is InChI=1S/C12H14N2O5/c1-12(16)7-13(8-12)11(15)6-19-10-4-2-3-9(5-10)14(17)18/h2-5,16H,6-8H2,1H3. The highest BCUT2D eigenvalue weighted by molar-refractivity contribution is 5.79. The molecule has 1 aliphatic rings. The minimum Gasteiger partial charge on any atom is -0.484 e. The fourth-order valence-electron chi connectivity index (χ4n) is 1.88. The number of likely N-dealkylation sites (tertiary alicyclic amines) is 1. The van der Waals surface area contributed by atoms with Crippen molar-refractivity contribution in [3.05, 3.63) is 34.4 Å². The van der Waals surface area contributed by atoms with E-state index in [2.05, 4.69) is 0 Å². The molecule has 1 N–H and O–H groups in total. The summed E-state index contributed by atoms with van der Waals surface area (Å²) < 4.78 is 5.21. The van der Waals surface area contributed by atoms with Crippen LogP contribution >= 0.6 is 0 Å². The van der Waals surface area contributed by atoms with Gasteiger partial charge in [-0.05, 0) is 13.0 Å². The number of benzene rings is 1. The number of amides is 1. The van der Waals surface area contributed by atoms with Crippen LogP contribution in [-0.4, -0.2) is 46.1 Å². The van der Waals surface area contributed by atoms with Gasteiger partial charge < -0.3 is 14.7 Å². The Bertz CT molecular complexity index is 507. The van der Waals surface area contributed by atoms with Gasteiger partial charge in [-0.1, -0.05) is 6.07 Å². The number of nitro groups is 1. The van der Waals surface area contributed by atoms with Crippen molar-refractivity contribution < 1.29 is 19.6 Å². The second-order valence-electron chi connectivity index (χ2n) is 4.79. The molecule has 0 aliphatic carbocycles. The van der Waals surface area contributed by atoms with Gasteiger partial charge in [0.2, 0.25) is 0 Å². The van der Waals surface area contributed by atoms with Crippen molar-refractivity contribution in [1.29, 1.82) is 0 Å². The zero-order chi connectivity index (χ0) is 14.0. The molecule has 1 heterocycles. The molecule has 0 bridgehead atoms. The predicted octanol–water partition coefficient (Wildman–Crippen LogP) is 0.567. The average molecular weight is 266 g/mol. The minimum absolute atomic E-state index is 0.0863. The Morgan fingerprint density at radius 2 is 2.26 bits per heavy atom. The minimum atomic E-state index is -0.818. The van der Waals surface area contributed by atoms with Gasteiger partial charge in [-0.15, -0.1) is 0 Å². The van der Waals surface area contributed by atoms with Crippen LogP contribution in [0.2, 0.25) is 0 Å². The molecule has 0 atom stereocenters. The van der Waals surface area contributed by atoms with E-state index in [0.29, 0.717) is 0 Å². The lowest BCUT2D eigenvalue weighted by molar-refractivity contribution is -0.384. The average Bonchev–Trinajstić information content (AvgIpc) is 2.33. The maximum Gasteiger partial charge on any atom is 0.273 e. The number of hydrogen-bond acceptors (Lipinski definition) is 5. The highest BCUT2D eigenvalue weighted by Crippen LogP contribution is 2.21. The van der Waals surface area contributed by atoms with Crippen molar-refractivity contribution in [3.8, 4) is 5.75 Å². The van der Waals surface area contributed by atoms with E-state index >= 15 is 0 Å². The molecule has 1 aromatic rings. The number of aliphatic hydroxyl groups is 1. The summed E-state index contributed by atoms with van der Waals surface area (Å²) in [5.74, 6) is 0.0212. The van der Waals surface area contributed by atoms with Gasteiger partial charge in [0.25, 0.3) is 11.6 Å². The Kier molecular flexibility index (Phi) is 3.39. The number of hydrogen-bond donors (Lipinski definition) is 1. The third-order valence-corrected chi connectivity index (χ3v) is 2.81. The van der Waals surface area contributed by atoms with Gasteiger partial charge in [-0.2, -0.15) is 0 Å². The molecule has 19 heavy (non-hydrogen) atoms. The van der Waals surface area contributed by atoms with Crippen molar-refractivity contribution in [1.82, 2.24) is 4.90 Å². The summed E-state index contributed by atoms with van der Waals surface area (Å²) in [6.45, 7) is 2.02. The molecule has 1 aliphatic heterocycles. The molecule has 1 fully saturated rings. The predicted molar refractivity (Wildman–Crippen MR) is 65.8 cm³/mol. The van der Waals surface area contributed by atoms with Gasteiger partial charge >= 0.3 is 0 Å². The van der Waals surface area contributed by atoms with E-state index in [4.69, 9.17) is 4.74 Å². The SMILES string of the molecule is CC1(O)CN(C(=O)COc2cccc([N+](=O)[O-])c2)C1. The summed E-state index contributed by atoms with van der Waals surface area (Å²) in [5, 5.41) is 20.1. The first kappa shape index (κ1) is 13.3. The van der Waals surface area contributed by atoms with Crippen molar-refractivity contribution in [2.75, 3.05) is 19.7 Å². The third-order valence-electron chi connectivity index (χ3n) is 2.81. The fraction of sp³-hybridized carbons (Fsp3) is 0.417. The Morgan fingerprint density at radius 3 is 2.84 bits per heavy atom. The number of rotatable bonds is 4. The summed E-state index contributed by atoms with van der Waals surface area (Å²) in [6, 6.07) is 5.65. The lowest BCUT2D eigenvalue weighted by atomic mass is 9.97. The van der Waals surface area contributed by atoms with Gasteiger partial charge in [0, 0.05) is 6.07 Å². The van der Waals surface area contributed by atoms with Crippen LogP contribution in [0.3, 0.4) is 0 Å². The first-order valence-electron chi connectivity index (χ1n) is 5.75. The van der Waals surface area contributed by atoms with Crippen LogP contribution < -0.4 is 4.74 Å². The molecule has 1 amide bonds. The van der Waals surface area contributed by atoms with Gasteiger partial charge in [0.15, 0.2) is 6.61 Å². The second kappa shape index (κ2) is 4.85. The summed E-state index contributed by atoms with van der Waals surface area (Å²) in [5.41, 5.74) is -0.905. The van der Waals surface area contributed by atoms with Crippen LogP contribution in [0.25, 0.3) is 0 Å². The van der Waals surface area contributed by atoms with E-state index < -0.39 is 10.5 Å². The van der Waals surface area contributed by atoms with E-state index in [0.717, 1.165) is 0 Å². The number of β-amino-alcohol motifs (C(OH)–C–C–N with tert-alkyl or cyclic N) is 1. The van der Waals surface area contributed by atoms with E-state index in [-0.39, 0.29) is 37.0 Å². The molecule has 1 aromatic carbocycles. The van der Waals surface area contributed by atoms with Crippen LogP contribution in [0.1, 0.15) is 6.92 Å². The first-order valence-corrected chi connectivity index (χ1v) is 5.75. The lowest BCUT2D eigenvalue weighted by Crippen LogP contribution is -2.62. The third kappa shape index (κ3) is 3.19. The van der Waals surface area contributed by atoms with E-state index in [1.807, 2.05) is 0 Å². The highest BCUT2D eigenvalue weighted by atomic mass is 16.6. The maximum atomic E-state index is 11.7. The Hall–Kier alpha value is -2.15. The summed E-state index contributed by atoms with van der Waals surface area (Å²) in [6.07, 6.45) is 0. The number of carbonyl (C=O) groups is 1. The first-order chi connectivity index (χ1) is 8.87. The fourth-order valence-corrected chi connectivity index (χ4v) is 1.88. The Balaban J connectivity index is 1.87. The van der Waals surface area contributed by atoms with Gasteiger partial charge in [-0.25, -0.2) is 0 Å². The molecule has 102 valence electrons. The number of carbonyl (C=O) groups excluding carboxylic acids is 1. The molecule has 0 unspecified atom stereocenters. The van der Waals surface area contributed by atoms with Crippen molar-refractivity contribution in [2.45, 2.75) is 12.5 Å². The van der Waals surface area contributed by atoms with Crippen LogP contribution in [0.5, 0.6) is 5.75 Å². The topological polar surface area (TPSA) is 92.9 Å². The van der Waals surface area contributed by atoms with Crippen LogP contribution in [0, 0.1) is 10.1 Å². The molecule has 1 saturated heterocycles. The monoisotopic (exact) mass is 266 g/mol. The van der Waals surface area contributed by atoms with Gasteiger partial charge in [0.05, 0.1) is 29.7 Å². The number of nitro benzene ring substituents is 1. The summed E-state index contributed by atoms with van der Waals surface area (Å²) in [4.78, 5) is 23.2. The zero-order valence-corrected chi connectivity index (χ0v) is 10.4. The van der Waals surface area contributed by atoms with E-state index in [9.17, 15) is 20.0 Å². The number of ether oxygens (including phenoxy) is 1. The normalized spacial score (nSPS) is 16.6. The van der Waals surface area contributed by atoms with Crippen molar-refractivity contribution >= 4 is 11.6 Å². The zero-order valence-electron chi connectivity index (χ0n) is 10.4. The number of non-ortho nitro benzene ring substituents is 1. The highest BCUT2D eigenvalue weighted by Gasteiger charge is 2.39. The molecular weight excluding hydrogens is 252 g/mol. The Labute approximate surface area is 109 Å². The van der Waals surface area contributed by atoms with Crippen LogP contribution in [0.4, 0.5) is 5.69 Å². The van der Waals surface area contributed by atoms with Crippen LogP contribution in [-0.2, 0) is 4.79 Å². The summed E-state index contributed by atoms with van der Waals surface area (Å²) in [7, 11) is 0. The Morgan fingerprint density at radius 1 is 1.58 bits per heavy atom. The van der Waals surface area contributed by atoms with Crippen LogP contribution in [0.15, 0.2) is 24.3 Å². The molecule has 7 nitrogen and oxygen atoms in total.